The second-order valence-corrected chi connectivity index (χ2v) is 5.42. The zero-order valence-corrected chi connectivity index (χ0v) is 10.9. The van der Waals surface area contributed by atoms with Crippen LogP contribution < -0.4 is 5.73 Å². The average Bonchev–Trinajstić information content (AvgIpc) is 2.28. The molecular formula is C14H20N2O2. The molecule has 0 amide bonds. The van der Waals surface area contributed by atoms with Crippen LogP contribution in [0.15, 0.2) is 18.3 Å². The Morgan fingerprint density at radius 3 is 2.50 bits per heavy atom. The van der Waals surface area contributed by atoms with Gasteiger partial charge in [-0.2, -0.15) is 0 Å². The normalized spacial score (nSPS) is 27.8. The fraction of sp³-hybridized carbons (Fsp3) is 0.571. The van der Waals surface area contributed by atoms with Gasteiger partial charge in [0.05, 0.1) is 11.9 Å². The molecular weight excluding hydrogens is 228 g/mol. The predicted octanol–water partition coefficient (Wildman–Crippen LogP) is 2.65. The number of carbonyl (C=O) groups is 1. The Bertz CT molecular complexity index is 406. The third-order valence-corrected chi connectivity index (χ3v) is 3.40. The molecule has 0 aromatic carbocycles. The molecule has 1 aliphatic rings. The molecule has 4 heteroatoms. The number of pyridine rings is 1. The molecule has 1 aromatic heterocycles. The van der Waals surface area contributed by atoms with Crippen molar-refractivity contribution in [1.29, 1.82) is 0 Å². The highest BCUT2D eigenvalue weighted by Gasteiger charge is 2.27. The molecule has 1 fully saturated rings. The van der Waals surface area contributed by atoms with E-state index in [1.807, 2.05) is 0 Å². The van der Waals surface area contributed by atoms with Crippen LogP contribution in [-0.4, -0.2) is 17.1 Å². The Morgan fingerprint density at radius 2 is 1.94 bits per heavy atom. The number of ether oxygens (including phenoxy) is 1. The second kappa shape index (κ2) is 5.38. The fourth-order valence-corrected chi connectivity index (χ4v) is 2.71. The van der Waals surface area contributed by atoms with Crippen LogP contribution in [-0.2, 0) is 4.74 Å². The van der Waals surface area contributed by atoms with Gasteiger partial charge in [0.1, 0.15) is 11.8 Å². The molecule has 4 nitrogen and oxygen atoms in total. The average molecular weight is 248 g/mol. The zero-order valence-electron chi connectivity index (χ0n) is 10.9. The number of nitrogen functional groups attached to an aromatic ring is 1. The number of esters is 1. The number of rotatable bonds is 2. The summed E-state index contributed by atoms with van der Waals surface area (Å²) in [4.78, 5) is 15.9. The van der Waals surface area contributed by atoms with E-state index in [2.05, 4.69) is 18.8 Å². The molecule has 0 aliphatic heterocycles. The van der Waals surface area contributed by atoms with Gasteiger partial charge in [0.15, 0.2) is 0 Å². The van der Waals surface area contributed by atoms with E-state index in [0.717, 1.165) is 12.8 Å². The fourth-order valence-electron chi connectivity index (χ4n) is 2.71. The molecule has 2 rings (SSSR count). The van der Waals surface area contributed by atoms with Gasteiger partial charge in [-0.3, -0.25) is 0 Å². The van der Waals surface area contributed by atoms with Crippen molar-refractivity contribution in [3.8, 4) is 0 Å². The molecule has 18 heavy (non-hydrogen) atoms. The summed E-state index contributed by atoms with van der Waals surface area (Å²) in [5.41, 5.74) is 6.41. The molecule has 2 N–H and O–H groups in total. The summed E-state index contributed by atoms with van der Waals surface area (Å²) in [6, 6.07) is 3.27. The Kier molecular flexibility index (Phi) is 3.84. The quantitative estimate of drug-likeness (QED) is 0.817. The summed E-state index contributed by atoms with van der Waals surface area (Å²) in [6.07, 6.45) is 4.61. The minimum absolute atomic E-state index is 0.0237. The zero-order chi connectivity index (χ0) is 13.1. The van der Waals surface area contributed by atoms with Crippen LogP contribution in [0.2, 0.25) is 0 Å². The van der Waals surface area contributed by atoms with E-state index in [4.69, 9.17) is 10.5 Å². The highest BCUT2D eigenvalue weighted by Crippen LogP contribution is 2.30. The van der Waals surface area contributed by atoms with E-state index in [-0.39, 0.29) is 12.1 Å². The predicted molar refractivity (Wildman–Crippen MR) is 70.0 cm³/mol. The molecule has 0 saturated heterocycles. The summed E-state index contributed by atoms with van der Waals surface area (Å²) < 4.78 is 5.52. The summed E-state index contributed by atoms with van der Waals surface area (Å²) >= 11 is 0. The first-order chi connectivity index (χ1) is 8.54. The van der Waals surface area contributed by atoms with Gasteiger partial charge in [-0.25, -0.2) is 9.78 Å². The smallest absolute Gasteiger partial charge is 0.357 e. The van der Waals surface area contributed by atoms with Gasteiger partial charge in [0.2, 0.25) is 0 Å². The van der Waals surface area contributed by atoms with Crippen molar-refractivity contribution in [3.05, 3.63) is 24.0 Å². The van der Waals surface area contributed by atoms with Gasteiger partial charge in [-0.1, -0.05) is 13.8 Å². The van der Waals surface area contributed by atoms with Crippen LogP contribution in [0.25, 0.3) is 0 Å². The van der Waals surface area contributed by atoms with Crippen LogP contribution in [0.1, 0.15) is 43.6 Å². The van der Waals surface area contributed by atoms with Gasteiger partial charge in [0, 0.05) is 0 Å². The van der Waals surface area contributed by atoms with Crippen molar-refractivity contribution in [2.45, 2.75) is 39.2 Å². The molecule has 2 atom stereocenters. The number of nitrogens with two attached hydrogens (primary N) is 1. The minimum Gasteiger partial charge on any atom is -0.458 e. The lowest BCUT2D eigenvalue weighted by molar-refractivity contribution is 0.00746. The third kappa shape index (κ3) is 3.22. The number of hydrogen-bond acceptors (Lipinski definition) is 4. The van der Waals surface area contributed by atoms with Gasteiger partial charge < -0.3 is 10.5 Å². The van der Waals surface area contributed by atoms with Gasteiger partial charge in [-0.05, 0) is 43.2 Å². The summed E-state index contributed by atoms with van der Waals surface area (Å²) in [7, 11) is 0. The van der Waals surface area contributed by atoms with Crippen LogP contribution in [0.3, 0.4) is 0 Å². The lowest BCUT2D eigenvalue weighted by Crippen LogP contribution is -2.28. The monoisotopic (exact) mass is 248 g/mol. The van der Waals surface area contributed by atoms with Crippen LogP contribution in [0.4, 0.5) is 5.69 Å². The highest BCUT2D eigenvalue weighted by atomic mass is 16.5. The first-order valence-electron chi connectivity index (χ1n) is 6.47. The number of aromatic nitrogens is 1. The van der Waals surface area contributed by atoms with E-state index in [1.165, 1.54) is 12.6 Å². The van der Waals surface area contributed by atoms with E-state index in [1.54, 1.807) is 12.1 Å². The van der Waals surface area contributed by atoms with Crippen molar-refractivity contribution in [1.82, 2.24) is 4.98 Å². The molecule has 1 heterocycles. The first kappa shape index (κ1) is 12.9. The van der Waals surface area contributed by atoms with E-state index < -0.39 is 0 Å². The standard InChI is InChI=1S/C14H20N2O2/c1-9-5-10(2)7-12(6-9)18-14(17)13-4-3-11(15)8-16-13/h3-4,8-10,12H,5-7,15H2,1-2H3. The first-order valence-corrected chi connectivity index (χ1v) is 6.47. The third-order valence-electron chi connectivity index (χ3n) is 3.40. The van der Waals surface area contributed by atoms with Crippen molar-refractivity contribution in [3.63, 3.8) is 0 Å². The number of anilines is 1. The van der Waals surface area contributed by atoms with Crippen LogP contribution in [0, 0.1) is 11.8 Å². The summed E-state index contributed by atoms with van der Waals surface area (Å²) in [5, 5.41) is 0. The van der Waals surface area contributed by atoms with Gasteiger partial charge >= 0.3 is 5.97 Å². The Labute approximate surface area is 108 Å². The molecule has 1 aromatic rings. The van der Waals surface area contributed by atoms with Crippen LogP contribution in [0.5, 0.6) is 0 Å². The lowest BCUT2D eigenvalue weighted by Gasteiger charge is -2.30. The van der Waals surface area contributed by atoms with Crippen molar-refractivity contribution < 1.29 is 9.53 Å². The maximum Gasteiger partial charge on any atom is 0.357 e. The maximum atomic E-state index is 11.9. The van der Waals surface area contributed by atoms with Crippen LogP contribution >= 0.6 is 0 Å². The second-order valence-electron chi connectivity index (χ2n) is 5.42. The summed E-state index contributed by atoms with van der Waals surface area (Å²) in [5.74, 6) is 0.887. The number of carbonyl (C=O) groups excluding carboxylic acids is 1. The van der Waals surface area contributed by atoms with E-state index in [9.17, 15) is 4.79 Å². The maximum absolute atomic E-state index is 11.9. The number of nitrogens with zero attached hydrogens (tertiary/aromatic N) is 1. The van der Waals surface area contributed by atoms with Crippen molar-refractivity contribution in [2.75, 3.05) is 5.73 Å². The highest BCUT2D eigenvalue weighted by molar-refractivity contribution is 5.87. The molecule has 98 valence electrons. The largest absolute Gasteiger partial charge is 0.458 e. The Hall–Kier alpha value is -1.58. The Balaban J connectivity index is 1.96. The van der Waals surface area contributed by atoms with Crippen molar-refractivity contribution in [2.24, 2.45) is 11.8 Å². The number of hydrogen-bond donors (Lipinski definition) is 1. The van der Waals surface area contributed by atoms with E-state index in [0.29, 0.717) is 23.2 Å². The molecule has 0 bridgehead atoms. The Morgan fingerprint density at radius 1 is 1.28 bits per heavy atom. The lowest BCUT2D eigenvalue weighted by atomic mass is 9.82. The minimum atomic E-state index is -0.346. The van der Waals surface area contributed by atoms with Crippen molar-refractivity contribution >= 4 is 11.7 Å². The topological polar surface area (TPSA) is 65.2 Å². The van der Waals surface area contributed by atoms with Gasteiger partial charge in [-0.15, -0.1) is 0 Å². The SMILES string of the molecule is CC1CC(C)CC(OC(=O)c2ccc(N)cn2)C1. The molecule has 2 unspecified atom stereocenters. The summed E-state index contributed by atoms with van der Waals surface area (Å²) in [6.45, 7) is 4.41. The molecule has 1 aliphatic carbocycles. The molecule has 1 saturated carbocycles. The van der Waals surface area contributed by atoms with E-state index >= 15 is 0 Å². The van der Waals surface area contributed by atoms with Gasteiger partial charge in [0.25, 0.3) is 0 Å². The molecule has 0 spiro atoms. The molecule has 0 radical (unpaired) electrons.